The summed E-state index contributed by atoms with van der Waals surface area (Å²) in [7, 11) is 0. The fourth-order valence-electron chi connectivity index (χ4n) is 2.02. The Hall–Kier alpha value is -1.46. The highest BCUT2D eigenvalue weighted by Gasteiger charge is 2.21. The minimum atomic E-state index is 0.00514. The molecule has 0 amide bonds. The highest BCUT2D eigenvalue weighted by atomic mass is 16.5. The van der Waals surface area contributed by atoms with Gasteiger partial charge in [-0.05, 0) is 18.6 Å². The third-order valence-electron chi connectivity index (χ3n) is 2.87. The molecule has 84 valence electrons. The number of hydrogen-bond acceptors (Lipinski definition) is 4. The third-order valence-corrected chi connectivity index (χ3v) is 2.87. The fraction of sp³-hybridized carbons (Fsp3) is 0.455. The first-order chi connectivity index (χ1) is 7.86. The largest absolute Gasteiger partial charge is 0.368 e. The van der Waals surface area contributed by atoms with Gasteiger partial charge in [-0.25, -0.2) is 0 Å². The molecule has 0 bridgehead atoms. The molecule has 5 nitrogen and oxygen atoms in total. The highest BCUT2D eigenvalue weighted by molar-refractivity contribution is 5.46. The lowest BCUT2D eigenvalue weighted by Gasteiger charge is -2.22. The Balaban J connectivity index is 2.06. The molecule has 5 heteroatoms. The summed E-state index contributed by atoms with van der Waals surface area (Å²) in [4.78, 5) is 0. The van der Waals surface area contributed by atoms with Gasteiger partial charge < -0.3 is 10.1 Å². The van der Waals surface area contributed by atoms with Gasteiger partial charge in [0.15, 0.2) is 11.5 Å². The zero-order chi connectivity index (χ0) is 11.0. The number of pyridine rings is 1. The van der Waals surface area contributed by atoms with Crippen molar-refractivity contribution in [3.63, 3.8) is 0 Å². The van der Waals surface area contributed by atoms with E-state index in [1.54, 1.807) is 0 Å². The van der Waals surface area contributed by atoms with Gasteiger partial charge in [-0.1, -0.05) is 6.07 Å². The quantitative estimate of drug-likeness (QED) is 0.765. The van der Waals surface area contributed by atoms with Crippen LogP contribution < -0.4 is 5.32 Å². The molecule has 0 aliphatic carbocycles. The first kappa shape index (κ1) is 9.74. The van der Waals surface area contributed by atoms with Crippen molar-refractivity contribution in [2.45, 2.75) is 13.0 Å². The van der Waals surface area contributed by atoms with Crippen LogP contribution in [0.5, 0.6) is 0 Å². The Morgan fingerprint density at radius 1 is 1.50 bits per heavy atom. The zero-order valence-electron chi connectivity index (χ0n) is 9.18. The standard InChI is InChI=1S/C11H14N4O/c1-8-3-2-5-15-10(8)13-14-11(15)9-7-12-4-6-16-9/h2-3,5,9,12H,4,6-7H2,1H3. The van der Waals surface area contributed by atoms with Crippen LogP contribution in [0.25, 0.3) is 5.65 Å². The second-order valence-corrected chi connectivity index (χ2v) is 4.01. The van der Waals surface area contributed by atoms with Crippen LogP contribution in [-0.4, -0.2) is 34.3 Å². The number of hydrogen-bond donors (Lipinski definition) is 1. The predicted octanol–water partition coefficient (Wildman–Crippen LogP) is 0.699. The molecule has 1 unspecified atom stereocenters. The molecular formula is C11H14N4O. The molecule has 2 aromatic rings. The molecule has 3 rings (SSSR count). The first-order valence-corrected chi connectivity index (χ1v) is 5.49. The SMILES string of the molecule is Cc1cccn2c(C3CNCCO3)nnc12. The average molecular weight is 218 g/mol. The van der Waals surface area contributed by atoms with Gasteiger partial charge in [0.1, 0.15) is 6.10 Å². The molecule has 1 N–H and O–H groups in total. The summed E-state index contributed by atoms with van der Waals surface area (Å²) in [5.74, 6) is 0.880. The van der Waals surface area contributed by atoms with Gasteiger partial charge in [0, 0.05) is 19.3 Å². The van der Waals surface area contributed by atoms with Crippen LogP contribution in [0.3, 0.4) is 0 Å². The van der Waals surface area contributed by atoms with Crippen molar-refractivity contribution in [2.75, 3.05) is 19.7 Å². The van der Waals surface area contributed by atoms with E-state index in [9.17, 15) is 0 Å². The van der Waals surface area contributed by atoms with Crippen molar-refractivity contribution in [2.24, 2.45) is 0 Å². The topological polar surface area (TPSA) is 51.5 Å². The number of morpholine rings is 1. The predicted molar refractivity (Wildman–Crippen MR) is 59.3 cm³/mol. The van der Waals surface area contributed by atoms with E-state index < -0.39 is 0 Å². The van der Waals surface area contributed by atoms with Gasteiger partial charge >= 0.3 is 0 Å². The molecule has 0 aromatic carbocycles. The van der Waals surface area contributed by atoms with Crippen LogP contribution in [0.1, 0.15) is 17.5 Å². The van der Waals surface area contributed by atoms with E-state index in [1.807, 2.05) is 29.7 Å². The van der Waals surface area contributed by atoms with Crippen molar-refractivity contribution in [1.29, 1.82) is 0 Å². The van der Waals surface area contributed by atoms with Gasteiger partial charge in [-0.2, -0.15) is 0 Å². The fourth-order valence-corrected chi connectivity index (χ4v) is 2.02. The number of aromatic nitrogens is 3. The average Bonchev–Trinajstić information content (AvgIpc) is 2.75. The Bertz CT molecular complexity index is 502. The number of aryl methyl sites for hydroxylation is 1. The number of nitrogens with one attached hydrogen (secondary N) is 1. The summed E-state index contributed by atoms with van der Waals surface area (Å²) in [6, 6.07) is 4.04. The maximum Gasteiger partial charge on any atom is 0.167 e. The van der Waals surface area contributed by atoms with Crippen LogP contribution in [-0.2, 0) is 4.74 Å². The van der Waals surface area contributed by atoms with Gasteiger partial charge in [0.25, 0.3) is 0 Å². The van der Waals surface area contributed by atoms with E-state index in [2.05, 4.69) is 15.5 Å². The zero-order valence-corrected chi connectivity index (χ0v) is 9.18. The smallest absolute Gasteiger partial charge is 0.167 e. The number of ether oxygens (including phenoxy) is 1. The lowest BCUT2D eigenvalue weighted by molar-refractivity contribution is 0.0215. The van der Waals surface area contributed by atoms with Crippen LogP contribution >= 0.6 is 0 Å². The summed E-state index contributed by atoms with van der Waals surface area (Å²) < 4.78 is 7.69. The summed E-state index contributed by atoms with van der Waals surface area (Å²) in [6.07, 6.45) is 1.99. The van der Waals surface area contributed by atoms with E-state index in [4.69, 9.17) is 4.74 Å². The van der Waals surface area contributed by atoms with Gasteiger partial charge in [-0.3, -0.25) is 4.40 Å². The van der Waals surface area contributed by atoms with E-state index >= 15 is 0 Å². The maximum atomic E-state index is 5.68. The minimum Gasteiger partial charge on any atom is -0.368 e. The molecule has 1 aliphatic rings. The third kappa shape index (κ3) is 1.48. The first-order valence-electron chi connectivity index (χ1n) is 5.49. The van der Waals surface area contributed by atoms with Crippen molar-refractivity contribution in [3.8, 4) is 0 Å². The molecule has 1 atom stereocenters. The van der Waals surface area contributed by atoms with Crippen molar-refractivity contribution >= 4 is 5.65 Å². The molecule has 1 saturated heterocycles. The molecule has 0 spiro atoms. The Morgan fingerprint density at radius 2 is 2.44 bits per heavy atom. The number of rotatable bonds is 1. The van der Waals surface area contributed by atoms with Gasteiger partial charge in [0.2, 0.25) is 0 Å². The molecule has 3 heterocycles. The second-order valence-electron chi connectivity index (χ2n) is 4.01. The Labute approximate surface area is 93.4 Å². The van der Waals surface area contributed by atoms with E-state index in [1.165, 1.54) is 0 Å². The molecular weight excluding hydrogens is 204 g/mol. The van der Waals surface area contributed by atoms with Gasteiger partial charge in [0.05, 0.1) is 6.61 Å². The summed E-state index contributed by atoms with van der Waals surface area (Å²) in [5, 5.41) is 11.7. The normalized spacial score (nSPS) is 21.4. The Morgan fingerprint density at radius 3 is 3.25 bits per heavy atom. The second kappa shape index (κ2) is 3.84. The van der Waals surface area contributed by atoms with Gasteiger partial charge in [-0.15, -0.1) is 10.2 Å². The van der Waals surface area contributed by atoms with E-state index in [0.717, 1.165) is 36.7 Å². The number of fused-ring (bicyclic) bond motifs is 1. The van der Waals surface area contributed by atoms with Crippen molar-refractivity contribution in [1.82, 2.24) is 19.9 Å². The van der Waals surface area contributed by atoms with Crippen LogP contribution in [0, 0.1) is 6.92 Å². The summed E-state index contributed by atoms with van der Waals surface area (Å²) >= 11 is 0. The lowest BCUT2D eigenvalue weighted by Crippen LogP contribution is -2.34. The highest BCUT2D eigenvalue weighted by Crippen LogP contribution is 2.18. The molecule has 1 aliphatic heterocycles. The van der Waals surface area contributed by atoms with Crippen LogP contribution in [0.2, 0.25) is 0 Å². The van der Waals surface area contributed by atoms with Crippen LogP contribution in [0.15, 0.2) is 18.3 Å². The van der Waals surface area contributed by atoms with Crippen molar-refractivity contribution < 1.29 is 4.74 Å². The Kier molecular flexibility index (Phi) is 2.34. The van der Waals surface area contributed by atoms with Crippen LogP contribution in [0.4, 0.5) is 0 Å². The summed E-state index contributed by atoms with van der Waals surface area (Å²) in [5.41, 5.74) is 2.04. The lowest BCUT2D eigenvalue weighted by atomic mass is 10.2. The molecule has 16 heavy (non-hydrogen) atoms. The number of nitrogens with zero attached hydrogens (tertiary/aromatic N) is 3. The molecule has 0 radical (unpaired) electrons. The molecule has 1 fully saturated rings. The van der Waals surface area contributed by atoms with E-state index in [-0.39, 0.29) is 6.10 Å². The minimum absolute atomic E-state index is 0.00514. The van der Waals surface area contributed by atoms with Crippen molar-refractivity contribution in [3.05, 3.63) is 29.7 Å². The molecule has 2 aromatic heterocycles. The van der Waals surface area contributed by atoms with E-state index in [0.29, 0.717) is 0 Å². The monoisotopic (exact) mass is 218 g/mol. The summed E-state index contributed by atoms with van der Waals surface area (Å²) in [6.45, 7) is 4.47. The maximum absolute atomic E-state index is 5.68. The molecule has 0 saturated carbocycles.